The number of hydrogen-bond donors (Lipinski definition) is 0. The lowest BCUT2D eigenvalue weighted by atomic mass is 10.1. The van der Waals surface area contributed by atoms with Crippen molar-refractivity contribution in [3.05, 3.63) is 11.1 Å². The van der Waals surface area contributed by atoms with E-state index < -0.39 is 21.6 Å². The van der Waals surface area contributed by atoms with Crippen molar-refractivity contribution in [3.63, 3.8) is 0 Å². The van der Waals surface area contributed by atoms with Crippen molar-refractivity contribution in [1.29, 1.82) is 0 Å². The molecule has 0 fully saturated rings. The molecule has 0 saturated heterocycles. The first-order valence-corrected chi connectivity index (χ1v) is 10.4. The fraction of sp³-hybridized carbons (Fsp3) is 0.571. The second-order valence-electron chi connectivity index (χ2n) is 6.11. The predicted octanol–water partition coefficient (Wildman–Crippen LogP) is 4.20. The van der Waals surface area contributed by atoms with E-state index in [9.17, 15) is 8.42 Å². The van der Waals surface area contributed by atoms with Crippen LogP contribution in [-0.2, 0) is 21.6 Å². The lowest BCUT2D eigenvalue weighted by molar-refractivity contribution is 0.669. The molecule has 0 spiro atoms. The predicted molar refractivity (Wildman–Crippen MR) is 88.6 cm³/mol. The van der Waals surface area contributed by atoms with E-state index in [4.69, 9.17) is 0 Å². The highest BCUT2D eigenvalue weighted by Crippen LogP contribution is 2.58. The van der Waals surface area contributed by atoms with Crippen LogP contribution >= 0.6 is 23.5 Å². The molecule has 0 saturated carbocycles. The summed E-state index contributed by atoms with van der Waals surface area (Å²) in [6.07, 6.45) is 0. The number of fused-ring (bicyclic) bond motifs is 2. The first kappa shape index (κ1) is 15.1. The maximum atomic E-state index is 12.7. The van der Waals surface area contributed by atoms with E-state index in [2.05, 4.69) is 6.92 Å². The van der Waals surface area contributed by atoms with Gasteiger partial charge in [-0.3, -0.25) is 8.42 Å². The fourth-order valence-corrected chi connectivity index (χ4v) is 9.45. The molecule has 0 N–H and O–H groups in total. The number of hydrogen-bond acceptors (Lipinski definition) is 4. The summed E-state index contributed by atoms with van der Waals surface area (Å²) in [7, 11) is -2.09. The van der Waals surface area contributed by atoms with Crippen LogP contribution in [0.15, 0.2) is 19.6 Å². The van der Waals surface area contributed by atoms with Gasteiger partial charge in [-0.25, -0.2) is 0 Å². The van der Waals surface area contributed by atoms with E-state index in [0.717, 1.165) is 30.7 Å². The van der Waals surface area contributed by atoms with Gasteiger partial charge < -0.3 is 0 Å². The molecule has 2 nitrogen and oxygen atoms in total. The van der Waals surface area contributed by atoms with Crippen LogP contribution in [0.2, 0.25) is 0 Å². The van der Waals surface area contributed by atoms with E-state index in [1.807, 2.05) is 34.6 Å². The normalized spacial score (nSPS) is 29.3. The molecule has 3 rings (SSSR count). The second kappa shape index (κ2) is 4.37. The molecule has 0 amide bonds. The number of rotatable bonds is 0. The van der Waals surface area contributed by atoms with E-state index >= 15 is 0 Å². The van der Waals surface area contributed by atoms with Crippen molar-refractivity contribution >= 4 is 45.1 Å². The summed E-state index contributed by atoms with van der Waals surface area (Å²) in [6.45, 7) is 12.1. The lowest BCUT2D eigenvalue weighted by Crippen LogP contribution is -2.18. The Labute approximate surface area is 133 Å². The van der Waals surface area contributed by atoms with Crippen molar-refractivity contribution in [3.8, 4) is 0 Å². The summed E-state index contributed by atoms with van der Waals surface area (Å²) in [4.78, 5) is 4.13. The second-order valence-corrected chi connectivity index (χ2v) is 13.8. The van der Waals surface area contributed by atoms with Crippen LogP contribution in [0, 0.1) is 13.8 Å². The first-order valence-electron chi connectivity index (χ1n) is 6.47. The zero-order valence-corrected chi connectivity index (χ0v) is 15.7. The molecule has 110 valence electrons. The van der Waals surface area contributed by atoms with Gasteiger partial charge in [0.05, 0.1) is 39.5 Å². The third-order valence-corrected chi connectivity index (χ3v) is 11.4. The summed E-state index contributed by atoms with van der Waals surface area (Å²) in [5, 5.41) is 0. The summed E-state index contributed by atoms with van der Waals surface area (Å²) < 4.78 is 24.9. The quantitative estimate of drug-likeness (QED) is 0.705. The smallest absolute Gasteiger partial charge is 0.0947 e. The molecule has 0 aromatic heterocycles. The molecule has 2 unspecified atom stereocenters. The Hall–Kier alpha value is 0.220. The average molecular weight is 347 g/mol. The Morgan fingerprint density at radius 2 is 1.10 bits per heavy atom. The van der Waals surface area contributed by atoms with Gasteiger partial charge in [0.15, 0.2) is 0 Å². The minimum Gasteiger partial charge on any atom is -0.253 e. The van der Waals surface area contributed by atoms with Gasteiger partial charge in [0.25, 0.3) is 0 Å². The minimum absolute atomic E-state index is 0.297. The summed E-state index contributed by atoms with van der Waals surface area (Å²) in [5.74, 6) is 0. The van der Waals surface area contributed by atoms with Crippen LogP contribution in [0.25, 0.3) is 0 Å². The minimum atomic E-state index is -1.04. The largest absolute Gasteiger partial charge is 0.253 e. The van der Waals surface area contributed by atoms with Gasteiger partial charge in [0.1, 0.15) is 0 Å². The van der Waals surface area contributed by atoms with E-state index in [1.165, 1.54) is 0 Å². The molecule has 2 aliphatic heterocycles. The molecular weight excluding hydrogens is 328 g/mol. The molecular formula is C14H18O2S4. The molecule has 6 heteroatoms. The van der Waals surface area contributed by atoms with Gasteiger partial charge in [0.2, 0.25) is 0 Å². The molecule has 0 bridgehead atoms. The topological polar surface area (TPSA) is 34.1 Å². The van der Waals surface area contributed by atoms with Gasteiger partial charge in [-0.1, -0.05) is 0 Å². The van der Waals surface area contributed by atoms with Gasteiger partial charge in [-0.15, -0.1) is 23.5 Å². The molecule has 1 aromatic carbocycles. The lowest BCUT2D eigenvalue weighted by Gasteiger charge is -2.15. The van der Waals surface area contributed by atoms with Crippen LogP contribution in [-0.4, -0.2) is 16.6 Å². The van der Waals surface area contributed by atoms with Gasteiger partial charge in [-0.05, 0) is 52.7 Å². The number of thioether (sulfide) groups is 2. The average Bonchev–Trinajstić information content (AvgIpc) is 2.71. The van der Waals surface area contributed by atoms with Crippen LogP contribution in [0.3, 0.4) is 0 Å². The SMILES string of the molecule is Cc1c2c(c(C)c3c1SC(C)(C)S3=O)S(=O)C(C)(C)S2. The van der Waals surface area contributed by atoms with Crippen molar-refractivity contribution in [1.82, 2.24) is 0 Å². The van der Waals surface area contributed by atoms with Crippen molar-refractivity contribution in [2.45, 2.75) is 69.3 Å². The first-order chi connectivity index (χ1) is 9.08. The van der Waals surface area contributed by atoms with E-state index in [-0.39, 0.29) is 8.16 Å². The molecule has 2 atom stereocenters. The maximum absolute atomic E-state index is 12.7. The third-order valence-electron chi connectivity index (χ3n) is 3.73. The van der Waals surface area contributed by atoms with Gasteiger partial charge >= 0.3 is 0 Å². The van der Waals surface area contributed by atoms with Crippen LogP contribution in [0.4, 0.5) is 0 Å². The standard InChI is InChI=1S/C14H18O2S4/c1-7-9-11(19(15)13(3,4)17-9)8(2)12-10(7)18-14(5,6)20(12)16/h1-6H3. The summed E-state index contributed by atoms with van der Waals surface area (Å²) in [6, 6.07) is 0. The molecule has 20 heavy (non-hydrogen) atoms. The Kier molecular flexibility index (Phi) is 3.30. The number of benzene rings is 1. The third kappa shape index (κ3) is 1.84. The fourth-order valence-electron chi connectivity index (χ4n) is 2.64. The monoisotopic (exact) mass is 346 g/mol. The molecule has 0 radical (unpaired) electrons. The highest BCUT2D eigenvalue weighted by atomic mass is 32.2. The maximum Gasteiger partial charge on any atom is 0.0947 e. The highest BCUT2D eigenvalue weighted by molar-refractivity contribution is 8.16. The van der Waals surface area contributed by atoms with Crippen molar-refractivity contribution in [2.75, 3.05) is 0 Å². The Morgan fingerprint density at radius 1 is 0.750 bits per heavy atom. The Bertz CT molecular complexity index is 634. The highest BCUT2D eigenvalue weighted by Gasteiger charge is 2.46. The van der Waals surface area contributed by atoms with Crippen LogP contribution < -0.4 is 0 Å². The molecule has 2 heterocycles. The molecule has 1 aromatic rings. The summed E-state index contributed by atoms with van der Waals surface area (Å²) in [5.41, 5.74) is 2.14. The Morgan fingerprint density at radius 3 is 1.45 bits per heavy atom. The van der Waals surface area contributed by atoms with Gasteiger partial charge in [-0.2, -0.15) is 0 Å². The molecule has 2 aliphatic rings. The van der Waals surface area contributed by atoms with Gasteiger partial charge in [0, 0.05) is 9.79 Å². The molecule has 0 aliphatic carbocycles. The summed E-state index contributed by atoms with van der Waals surface area (Å²) >= 11 is 3.39. The van der Waals surface area contributed by atoms with Crippen LogP contribution in [0.5, 0.6) is 0 Å². The zero-order valence-electron chi connectivity index (χ0n) is 12.4. The van der Waals surface area contributed by atoms with Crippen molar-refractivity contribution in [2.24, 2.45) is 0 Å². The van der Waals surface area contributed by atoms with Crippen molar-refractivity contribution < 1.29 is 8.42 Å². The van der Waals surface area contributed by atoms with Crippen LogP contribution in [0.1, 0.15) is 38.8 Å². The van der Waals surface area contributed by atoms with E-state index in [1.54, 1.807) is 23.5 Å². The van der Waals surface area contributed by atoms with E-state index in [0.29, 0.717) is 0 Å². The zero-order chi connectivity index (χ0) is 15.0. The Balaban J connectivity index is 2.35.